The first kappa shape index (κ1) is 26.0. The second kappa shape index (κ2) is 10.7. The molecular weight excluding hydrogens is 488 g/mol. The van der Waals surface area contributed by atoms with Gasteiger partial charge in [0.25, 0.3) is 0 Å². The number of hydrogen-bond donors (Lipinski definition) is 1. The van der Waals surface area contributed by atoms with E-state index in [0.29, 0.717) is 19.7 Å². The van der Waals surface area contributed by atoms with Crippen LogP contribution >= 0.6 is 11.8 Å². The molecule has 0 saturated carbocycles. The van der Waals surface area contributed by atoms with Crippen molar-refractivity contribution in [2.24, 2.45) is 17.8 Å². The predicted octanol–water partition coefficient (Wildman–Crippen LogP) is 3.18. The van der Waals surface area contributed by atoms with Gasteiger partial charge < -0.3 is 19.6 Å². The number of aliphatic hydroxyl groups is 1. The van der Waals surface area contributed by atoms with Gasteiger partial charge in [-0.05, 0) is 30.7 Å². The summed E-state index contributed by atoms with van der Waals surface area (Å²) in [4.78, 5) is 45.5. The molecule has 2 fully saturated rings. The lowest BCUT2D eigenvalue weighted by Crippen LogP contribution is -2.57. The number of cyclic esters (lactones) is 1. The average molecular weight is 525 g/mol. The molecule has 0 aliphatic carbocycles. The van der Waals surface area contributed by atoms with Gasteiger partial charge in [0.2, 0.25) is 11.8 Å². The third kappa shape index (κ3) is 4.52. The molecule has 8 heteroatoms. The van der Waals surface area contributed by atoms with Crippen molar-refractivity contribution >= 4 is 29.5 Å². The summed E-state index contributed by atoms with van der Waals surface area (Å²) < 4.78 is 4.76. The van der Waals surface area contributed by atoms with Crippen molar-refractivity contribution < 1.29 is 24.2 Å². The van der Waals surface area contributed by atoms with E-state index in [1.165, 1.54) is 0 Å². The van der Waals surface area contributed by atoms with Crippen molar-refractivity contribution in [3.8, 4) is 0 Å². The molecule has 1 unspecified atom stereocenters. The molecule has 1 aromatic rings. The molecule has 5 rings (SSSR count). The number of thioether (sulfide) groups is 1. The number of amides is 2. The van der Waals surface area contributed by atoms with Gasteiger partial charge in [-0.2, -0.15) is 0 Å². The van der Waals surface area contributed by atoms with E-state index in [-0.39, 0.29) is 35.6 Å². The highest BCUT2D eigenvalue weighted by Crippen LogP contribution is 2.61. The summed E-state index contributed by atoms with van der Waals surface area (Å²) in [5.41, 5.74) is 1.01. The smallest absolute Gasteiger partial charge is 0.311 e. The number of carbonyl (C=O) groups is 3. The zero-order valence-electron chi connectivity index (χ0n) is 21.5. The number of allylic oxidation sites excluding steroid dienone is 1. The fraction of sp³-hybridized carbons (Fsp3) is 0.552. The van der Waals surface area contributed by atoms with Gasteiger partial charge in [0.15, 0.2) is 0 Å². The van der Waals surface area contributed by atoms with Crippen LogP contribution in [0.25, 0.3) is 0 Å². The molecule has 4 heterocycles. The van der Waals surface area contributed by atoms with Gasteiger partial charge in [-0.3, -0.25) is 14.4 Å². The van der Waals surface area contributed by atoms with Crippen LogP contribution in [0, 0.1) is 17.8 Å². The van der Waals surface area contributed by atoms with E-state index in [0.717, 1.165) is 24.8 Å². The van der Waals surface area contributed by atoms with Crippen molar-refractivity contribution in [1.29, 1.82) is 0 Å². The van der Waals surface area contributed by atoms with Crippen molar-refractivity contribution in [3.05, 3.63) is 60.2 Å². The average Bonchev–Trinajstić information content (AvgIpc) is 3.27. The number of likely N-dealkylation sites (tertiary alicyclic amines) is 1. The number of benzene rings is 1. The van der Waals surface area contributed by atoms with Gasteiger partial charge in [-0.15, -0.1) is 11.8 Å². The Balaban J connectivity index is 1.60. The number of aliphatic hydroxyl groups excluding tert-OH is 1. The maximum atomic E-state index is 14.4. The van der Waals surface area contributed by atoms with E-state index in [9.17, 15) is 19.5 Å². The lowest BCUT2D eigenvalue weighted by atomic mass is 9.78. The number of ether oxygens (including phenoxy) is 1. The van der Waals surface area contributed by atoms with Gasteiger partial charge in [0, 0.05) is 18.3 Å². The summed E-state index contributed by atoms with van der Waals surface area (Å²) in [5.74, 6) is -2.21. The van der Waals surface area contributed by atoms with Crippen LogP contribution in [0.1, 0.15) is 38.7 Å². The third-order valence-corrected chi connectivity index (χ3v) is 9.90. The van der Waals surface area contributed by atoms with Crippen molar-refractivity contribution in [1.82, 2.24) is 9.80 Å². The van der Waals surface area contributed by atoms with E-state index in [2.05, 4.69) is 6.08 Å². The van der Waals surface area contributed by atoms with Crippen LogP contribution in [-0.2, 0) is 25.7 Å². The minimum absolute atomic E-state index is 0.0656. The summed E-state index contributed by atoms with van der Waals surface area (Å²) in [6.45, 7) is 4.83. The van der Waals surface area contributed by atoms with E-state index >= 15 is 0 Å². The van der Waals surface area contributed by atoms with Crippen LogP contribution in [0.5, 0.6) is 0 Å². The fourth-order valence-electron chi connectivity index (χ4n) is 6.33. The van der Waals surface area contributed by atoms with Gasteiger partial charge in [-0.1, -0.05) is 68.5 Å². The SMILES string of the molecule is CC(C)[C@H](CO)N1C(=O)[C@@H]2[C@H]3C(=O)OCCCC/C=C\[C@H]3S[C@@]23C=CCN(Cc2ccccc2)C(=O)C13. The maximum Gasteiger partial charge on any atom is 0.311 e. The third-order valence-electron chi connectivity index (χ3n) is 8.15. The molecule has 1 N–H and O–H groups in total. The quantitative estimate of drug-likeness (QED) is 0.470. The van der Waals surface area contributed by atoms with Gasteiger partial charge in [0.05, 0.1) is 35.8 Å². The molecule has 198 valence electrons. The highest BCUT2D eigenvalue weighted by molar-refractivity contribution is 8.02. The van der Waals surface area contributed by atoms with Crippen molar-refractivity contribution in [2.75, 3.05) is 19.8 Å². The highest BCUT2D eigenvalue weighted by atomic mass is 32.2. The van der Waals surface area contributed by atoms with E-state index in [1.807, 2.05) is 62.4 Å². The van der Waals surface area contributed by atoms with Crippen LogP contribution in [-0.4, -0.2) is 74.5 Å². The summed E-state index contributed by atoms with van der Waals surface area (Å²) in [7, 11) is 0. The Kier molecular flexibility index (Phi) is 7.50. The summed E-state index contributed by atoms with van der Waals surface area (Å²) in [6, 6.07) is 8.48. The maximum absolute atomic E-state index is 14.4. The standard InChI is InChI=1S/C29H36N2O5S/c1-19(2)21(18-32)31-25-27(34)30(17-20-11-6-5-7-12-20)15-10-14-29(25)24(26(31)33)23-22(37-29)13-8-3-4-9-16-36-28(23)35/h5-8,10-14,19,21-25,32H,3-4,9,15-18H2,1-2H3/b13-8-/t21-,22+,23-,24-,25?,29-/m0/s1. The molecule has 37 heavy (non-hydrogen) atoms. The van der Waals surface area contributed by atoms with Gasteiger partial charge >= 0.3 is 5.97 Å². The minimum atomic E-state index is -0.908. The van der Waals surface area contributed by atoms with Crippen LogP contribution < -0.4 is 0 Å². The summed E-state index contributed by atoms with van der Waals surface area (Å²) >= 11 is 1.55. The Morgan fingerprint density at radius 1 is 1.11 bits per heavy atom. The molecule has 2 saturated heterocycles. The van der Waals surface area contributed by atoms with E-state index < -0.39 is 28.7 Å². The Hall–Kier alpha value is -2.58. The first-order valence-electron chi connectivity index (χ1n) is 13.3. The number of rotatable bonds is 5. The first-order valence-corrected chi connectivity index (χ1v) is 14.2. The van der Waals surface area contributed by atoms with Gasteiger partial charge in [-0.25, -0.2) is 0 Å². The van der Waals surface area contributed by atoms with Crippen LogP contribution in [0.3, 0.4) is 0 Å². The molecule has 0 bridgehead atoms. The fourth-order valence-corrected chi connectivity index (χ4v) is 8.31. The molecule has 0 aromatic heterocycles. The molecule has 7 nitrogen and oxygen atoms in total. The van der Waals surface area contributed by atoms with E-state index in [1.54, 1.807) is 21.6 Å². The van der Waals surface area contributed by atoms with Crippen molar-refractivity contribution in [3.63, 3.8) is 0 Å². The Bertz CT molecular complexity index is 1090. The van der Waals surface area contributed by atoms with E-state index in [4.69, 9.17) is 4.74 Å². The Labute approximate surface area is 222 Å². The van der Waals surface area contributed by atoms with Crippen molar-refractivity contribution in [2.45, 2.75) is 61.7 Å². The summed E-state index contributed by atoms with van der Waals surface area (Å²) in [5, 5.41) is 10.1. The summed E-state index contributed by atoms with van der Waals surface area (Å²) in [6.07, 6.45) is 10.8. The lowest BCUT2D eigenvalue weighted by Gasteiger charge is -2.39. The topological polar surface area (TPSA) is 87.2 Å². The number of nitrogens with zero attached hydrogens (tertiary/aromatic N) is 2. The molecule has 1 spiro atoms. The zero-order chi connectivity index (χ0) is 26.2. The normalized spacial score (nSPS) is 33.5. The second-order valence-corrected chi connectivity index (χ2v) is 12.3. The number of fused-ring (bicyclic) bond motifs is 2. The molecule has 6 atom stereocenters. The second-order valence-electron chi connectivity index (χ2n) is 10.8. The number of esters is 1. The molecule has 4 aliphatic heterocycles. The molecular formula is C29H36N2O5S. The molecule has 4 aliphatic rings. The first-order chi connectivity index (χ1) is 17.9. The van der Waals surface area contributed by atoms with Gasteiger partial charge in [0.1, 0.15) is 6.04 Å². The molecule has 0 radical (unpaired) electrons. The van der Waals surface area contributed by atoms with Crippen LogP contribution in [0.15, 0.2) is 54.6 Å². The van der Waals surface area contributed by atoms with Crippen LogP contribution in [0.2, 0.25) is 0 Å². The number of hydrogen-bond acceptors (Lipinski definition) is 6. The monoisotopic (exact) mass is 524 g/mol. The van der Waals surface area contributed by atoms with Crippen LogP contribution in [0.4, 0.5) is 0 Å². The molecule has 1 aromatic carbocycles. The zero-order valence-corrected chi connectivity index (χ0v) is 22.3. The Morgan fingerprint density at radius 3 is 2.62 bits per heavy atom. The minimum Gasteiger partial charge on any atom is -0.465 e. The predicted molar refractivity (Wildman–Crippen MR) is 142 cm³/mol. The number of carbonyl (C=O) groups excluding carboxylic acids is 3. The highest BCUT2D eigenvalue weighted by Gasteiger charge is 2.71. The molecule has 2 amide bonds. The lowest BCUT2D eigenvalue weighted by molar-refractivity contribution is -0.154. The largest absolute Gasteiger partial charge is 0.465 e. The Morgan fingerprint density at radius 2 is 1.89 bits per heavy atom.